The molecule has 1 aliphatic rings. The zero-order chi connectivity index (χ0) is 10.7. The van der Waals surface area contributed by atoms with Crippen molar-refractivity contribution in [3.8, 4) is 0 Å². The van der Waals surface area contributed by atoms with Crippen LogP contribution in [0.4, 0.5) is 5.13 Å². The highest BCUT2D eigenvalue weighted by Gasteiger charge is 2.23. The Labute approximate surface area is 95.3 Å². The van der Waals surface area contributed by atoms with Crippen molar-refractivity contribution in [2.45, 2.75) is 26.2 Å². The van der Waals surface area contributed by atoms with E-state index in [0.717, 1.165) is 31.1 Å². The van der Waals surface area contributed by atoms with E-state index in [1.165, 1.54) is 30.7 Å². The third kappa shape index (κ3) is 3.47. The largest absolute Gasteiger partial charge is 0.375 e. The Morgan fingerprint density at radius 3 is 2.93 bits per heavy atom. The van der Waals surface area contributed by atoms with Gasteiger partial charge in [-0.15, -0.1) is 11.3 Å². The van der Waals surface area contributed by atoms with E-state index in [2.05, 4.69) is 22.2 Å². The first-order valence-electron chi connectivity index (χ1n) is 5.70. The van der Waals surface area contributed by atoms with Gasteiger partial charge in [0.2, 0.25) is 0 Å². The molecule has 0 radical (unpaired) electrons. The van der Waals surface area contributed by atoms with Crippen molar-refractivity contribution in [1.29, 1.82) is 0 Å². The topological polar surface area (TPSA) is 42.1 Å². The van der Waals surface area contributed by atoms with Crippen LogP contribution in [0, 0.1) is 5.92 Å². The standard InChI is InChI=1S/C11H19N3S/c1-2-14(7-9-3-4-9)6-5-10-8-15-11(12)13-10/h8-9H,2-7H2,1H3,(H2,12,13). The fourth-order valence-electron chi connectivity index (χ4n) is 1.75. The van der Waals surface area contributed by atoms with Crippen LogP contribution in [0.1, 0.15) is 25.5 Å². The quantitative estimate of drug-likeness (QED) is 0.805. The van der Waals surface area contributed by atoms with Crippen LogP contribution in [0.5, 0.6) is 0 Å². The summed E-state index contributed by atoms with van der Waals surface area (Å²) in [4.78, 5) is 6.80. The lowest BCUT2D eigenvalue weighted by molar-refractivity contribution is 0.279. The highest BCUT2D eigenvalue weighted by Crippen LogP contribution is 2.29. The summed E-state index contributed by atoms with van der Waals surface area (Å²) in [5.41, 5.74) is 6.75. The molecule has 3 nitrogen and oxygen atoms in total. The number of hydrogen-bond acceptors (Lipinski definition) is 4. The number of nitrogens with zero attached hydrogens (tertiary/aromatic N) is 2. The van der Waals surface area contributed by atoms with Crippen LogP contribution in [-0.4, -0.2) is 29.5 Å². The van der Waals surface area contributed by atoms with Crippen LogP contribution in [-0.2, 0) is 6.42 Å². The SMILES string of the molecule is CCN(CCc1csc(N)n1)CC1CC1. The third-order valence-electron chi connectivity index (χ3n) is 2.91. The van der Waals surface area contributed by atoms with Crippen molar-refractivity contribution in [3.05, 3.63) is 11.1 Å². The molecule has 1 heterocycles. The first kappa shape index (κ1) is 10.9. The second kappa shape index (κ2) is 4.94. The van der Waals surface area contributed by atoms with Gasteiger partial charge >= 0.3 is 0 Å². The van der Waals surface area contributed by atoms with Gasteiger partial charge in [0.15, 0.2) is 5.13 Å². The molecule has 1 saturated carbocycles. The van der Waals surface area contributed by atoms with Crippen molar-refractivity contribution in [3.63, 3.8) is 0 Å². The number of likely N-dealkylation sites (N-methyl/N-ethyl adjacent to an activating group) is 1. The molecule has 0 bridgehead atoms. The third-order valence-corrected chi connectivity index (χ3v) is 3.64. The number of rotatable bonds is 6. The maximum absolute atomic E-state index is 5.60. The average molecular weight is 225 g/mol. The van der Waals surface area contributed by atoms with Crippen molar-refractivity contribution in [1.82, 2.24) is 9.88 Å². The molecule has 1 aromatic rings. The van der Waals surface area contributed by atoms with E-state index in [0.29, 0.717) is 5.13 Å². The van der Waals surface area contributed by atoms with E-state index in [4.69, 9.17) is 5.73 Å². The Hall–Kier alpha value is -0.610. The maximum Gasteiger partial charge on any atom is 0.180 e. The number of anilines is 1. The number of aromatic nitrogens is 1. The zero-order valence-electron chi connectivity index (χ0n) is 9.28. The summed E-state index contributed by atoms with van der Waals surface area (Å²) < 4.78 is 0. The summed E-state index contributed by atoms with van der Waals surface area (Å²) in [6.07, 6.45) is 3.90. The number of nitrogens with two attached hydrogens (primary N) is 1. The Kier molecular flexibility index (Phi) is 3.59. The van der Waals surface area contributed by atoms with E-state index in [1.54, 1.807) is 0 Å². The Bertz CT molecular complexity index is 307. The monoisotopic (exact) mass is 225 g/mol. The number of nitrogen functional groups attached to an aromatic ring is 1. The van der Waals surface area contributed by atoms with Crippen molar-refractivity contribution in [2.24, 2.45) is 5.92 Å². The molecule has 0 amide bonds. The fourth-order valence-corrected chi connectivity index (χ4v) is 2.35. The lowest BCUT2D eigenvalue weighted by atomic mass is 10.3. The first-order chi connectivity index (χ1) is 7.28. The van der Waals surface area contributed by atoms with Crippen molar-refractivity contribution in [2.75, 3.05) is 25.4 Å². The van der Waals surface area contributed by atoms with Crippen LogP contribution in [0.25, 0.3) is 0 Å². The second-order valence-corrected chi connectivity index (χ2v) is 5.15. The lowest BCUT2D eigenvalue weighted by Gasteiger charge is -2.19. The molecule has 0 unspecified atom stereocenters. The first-order valence-corrected chi connectivity index (χ1v) is 6.58. The summed E-state index contributed by atoms with van der Waals surface area (Å²) in [7, 11) is 0. The van der Waals surface area contributed by atoms with E-state index < -0.39 is 0 Å². The second-order valence-electron chi connectivity index (χ2n) is 4.26. The van der Waals surface area contributed by atoms with Crippen LogP contribution in [0.3, 0.4) is 0 Å². The Morgan fingerprint density at radius 1 is 1.60 bits per heavy atom. The van der Waals surface area contributed by atoms with Gasteiger partial charge < -0.3 is 10.6 Å². The molecule has 1 fully saturated rings. The maximum atomic E-state index is 5.60. The molecule has 0 atom stereocenters. The minimum Gasteiger partial charge on any atom is -0.375 e. The molecule has 0 aromatic carbocycles. The molecule has 1 aromatic heterocycles. The summed E-state index contributed by atoms with van der Waals surface area (Å²) >= 11 is 1.54. The summed E-state index contributed by atoms with van der Waals surface area (Å²) in [5.74, 6) is 0.977. The molecule has 0 saturated heterocycles. The minimum atomic E-state index is 0.690. The molecule has 0 aliphatic heterocycles. The smallest absolute Gasteiger partial charge is 0.180 e. The molecule has 15 heavy (non-hydrogen) atoms. The fraction of sp³-hybridized carbons (Fsp3) is 0.727. The van der Waals surface area contributed by atoms with Gasteiger partial charge in [-0.05, 0) is 25.3 Å². The summed E-state index contributed by atoms with van der Waals surface area (Å²) in [5, 5.41) is 2.76. The van der Waals surface area contributed by atoms with E-state index in [9.17, 15) is 0 Å². The summed E-state index contributed by atoms with van der Waals surface area (Å²) in [6.45, 7) is 5.78. The van der Waals surface area contributed by atoms with Gasteiger partial charge in [-0.2, -0.15) is 0 Å². The molecule has 4 heteroatoms. The Balaban J connectivity index is 1.74. The number of thiazole rings is 1. The van der Waals surface area contributed by atoms with Gasteiger partial charge in [-0.25, -0.2) is 4.98 Å². The predicted octanol–water partition coefficient (Wildman–Crippen LogP) is 2.00. The molecular weight excluding hydrogens is 206 g/mol. The van der Waals surface area contributed by atoms with Crippen LogP contribution >= 0.6 is 11.3 Å². The van der Waals surface area contributed by atoms with Gasteiger partial charge in [0.1, 0.15) is 0 Å². The van der Waals surface area contributed by atoms with E-state index >= 15 is 0 Å². The van der Waals surface area contributed by atoms with Gasteiger partial charge in [-0.3, -0.25) is 0 Å². The van der Waals surface area contributed by atoms with E-state index in [1.807, 2.05) is 0 Å². The average Bonchev–Trinajstić information content (AvgIpc) is 2.95. The molecular formula is C11H19N3S. The van der Waals surface area contributed by atoms with Gasteiger partial charge in [0, 0.05) is 24.9 Å². The summed E-state index contributed by atoms with van der Waals surface area (Å²) in [6, 6.07) is 0. The lowest BCUT2D eigenvalue weighted by Crippen LogP contribution is -2.28. The normalized spacial score (nSPS) is 16.1. The highest BCUT2D eigenvalue weighted by molar-refractivity contribution is 7.13. The van der Waals surface area contributed by atoms with Crippen LogP contribution < -0.4 is 5.73 Å². The van der Waals surface area contributed by atoms with Gasteiger partial charge in [0.25, 0.3) is 0 Å². The zero-order valence-corrected chi connectivity index (χ0v) is 10.1. The van der Waals surface area contributed by atoms with Crippen LogP contribution in [0.15, 0.2) is 5.38 Å². The molecule has 84 valence electrons. The highest BCUT2D eigenvalue weighted by atomic mass is 32.1. The van der Waals surface area contributed by atoms with Crippen molar-refractivity contribution >= 4 is 16.5 Å². The van der Waals surface area contributed by atoms with Crippen molar-refractivity contribution < 1.29 is 0 Å². The van der Waals surface area contributed by atoms with Gasteiger partial charge in [0.05, 0.1) is 5.69 Å². The molecule has 2 rings (SSSR count). The number of hydrogen-bond donors (Lipinski definition) is 1. The van der Waals surface area contributed by atoms with Gasteiger partial charge in [-0.1, -0.05) is 6.92 Å². The minimum absolute atomic E-state index is 0.690. The van der Waals surface area contributed by atoms with Crippen LogP contribution in [0.2, 0.25) is 0 Å². The Morgan fingerprint density at radius 2 is 2.40 bits per heavy atom. The molecule has 0 spiro atoms. The molecule has 1 aliphatic carbocycles. The van der Waals surface area contributed by atoms with E-state index in [-0.39, 0.29) is 0 Å². The molecule has 2 N–H and O–H groups in total. The predicted molar refractivity (Wildman–Crippen MR) is 65.1 cm³/mol.